The van der Waals surface area contributed by atoms with Crippen molar-refractivity contribution in [1.29, 1.82) is 0 Å². The predicted molar refractivity (Wildman–Crippen MR) is 96.1 cm³/mol. The number of aromatic nitrogens is 2. The number of ether oxygens (including phenoxy) is 1. The molecule has 3 aromatic rings. The molecular formula is C18H12Cl2FN3O2. The summed E-state index contributed by atoms with van der Waals surface area (Å²) >= 11 is 12.0. The Bertz CT molecular complexity index is 936. The number of benzene rings is 2. The largest absolute Gasteiger partial charge is 0.436 e. The van der Waals surface area contributed by atoms with Gasteiger partial charge in [0.2, 0.25) is 5.88 Å². The Morgan fingerprint density at radius 2 is 1.88 bits per heavy atom. The Morgan fingerprint density at radius 1 is 1.08 bits per heavy atom. The molecule has 5 nitrogen and oxygen atoms in total. The number of nitrogens with zero attached hydrogens (tertiary/aromatic N) is 2. The lowest BCUT2D eigenvalue weighted by Gasteiger charge is -2.08. The molecule has 0 fully saturated rings. The first-order chi connectivity index (χ1) is 12.5. The fourth-order valence-corrected chi connectivity index (χ4v) is 2.42. The first-order valence-electron chi connectivity index (χ1n) is 7.51. The topological polar surface area (TPSA) is 64.1 Å². The van der Waals surface area contributed by atoms with Crippen LogP contribution >= 0.6 is 23.2 Å². The van der Waals surface area contributed by atoms with Gasteiger partial charge in [-0.25, -0.2) is 4.39 Å². The summed E-state index contributed by atoms with van der Waals surface area (Å²) < 4.78 is 18.6. The molecule has 1 heterocycles. The molecule has 2 aromatic carbocycles. The molecule has 1 aromatic heterocycles. The van der Waals surface area contributed by atoms with Crippen molar-refractivity contribution in [2.45, 2.75) is 6.54 Å². The Labute approximate surface area is 158 Å². The molecule has 0 bridgehead atoms. The van der Waals surface area contributed by atoms with Crippen LogP contribution in [-0.4, -0.2) is 16.1 Å². The van der Waals surface area contributed by atoms with Gasteiger partial charge in [0.25, 0.3) is 5.91 Å². The molecule has 0 saturated carbocycles. The number of nitrogens with one attached hydrogen (secondary N) is 1. The highest BCUT2D eigenvalue weighted by Gasteiger charge is 2.11. The quantitative estimate of drug-likeness (QED) is 0.687. The summed E-state index contributed by atoms with van der Waals surface area (Å²) in [4.78, 5) is 12.1. The van der Waals surface area contributed by atoms with E-state index in [1.807, 2.05) is 0 Å². The van der Waals surface area contributed by atoms with Crippen LogP contribution in [0.2, 0.25) is 10.0 Å². The van der Waals surface area contributed by atoms with Crippen LogP contribution in [0.4, 0.5) is 4.39 Å². The fourth-order valence-electron chi connectivity index (χ4n) is 2.09. The van der Waals surface area contributed by atoms with E-state index >= 15 is 0 Å². The maximum Gasteiger partial charge on any atom is 0.272 e. The summed E-state index contributed by atoms with van der Waals surface area (Å²) in [6.45, 7) is 0.175. The number of hydrogen-bond acceptors (Lipinski definition) is 4. The molecule has 132 valence electrons. The number of halogens is 3. The minimum absolute atomic E-state index is 0.103. The van der Waals surface area contributed by atoms with E-state index in [2.05, 4.69) is 15.5 Å². The minimum Gasteiger partial charge on any atom is -0.436 e. The van der Waals surface area contributed by atoms with Crippen molar-refractivity contribution in [1.82, 2.24) is 15.5 Å². The number of carbonyl (C=O) groups excluding carboxylic acids is 1. The predicted octanol–water partition coefficient (Wildman–Crippen LogP) is 4.64. The van der Waals surface area contributed by atoms with Crippen molar-refractivity contribution in [2.75, 3.05) is 0 Å². The lowest BCUT2D eigenvalue weighted by molar-refractivity contribution is 0.0944. The van der Waals surface area contributed by atoms with Gasteiger partial charge in [0.15, 0.2) is 5.69 Å². The zero-order chi connectivity index (χ0) is 18.5. The van der Waals surface area contributed by atoms with E-state index < -0.39 is 5.91 Å². The van der Waals surface area contributed by atoms with Crippen LogP contribution in [0.5, 0.6) is 11.6 Å². The third-order valence-corrected chi connectivity index (χ3v) is 4.15. The first-order valence-corrected chi connectivity index (χ1v) is 8.27. The Kier molecular flexibility index (Phi) is 5.65. The van der Waals surface area contributed by atoms with Crippen molar-refractivity contribution in [2.24, 2.45) is 0 Å². The van der Waals surface area contributed by atoms with Gasteiger partial charge in [-0.1, -0.05) is 41.4 Å². The zero-order valence-electron chi connectivity index (χ0n) is 13.2. The van der Waals surface area contributed by atoms with Gasteiger partial charge in [-0.3, -0.25) is 4.79 Å². The third-order valence-electron chi connectivity index (χ3n) is 3.35. The molecule has 0 spiro atoms. The van der Waals surface area contributed by atoms with Crippen LogP contribution in [0.3, 0.4) is 0 Å². The second-order valence-electron chi connectivity index (χ2n) is 5.22. The molecule has 1 N–H and O–H groups in total. The van der Waals surface area contributed by atoms with Crippen molar-refractivity contribution in [3.63, 3.8) is 0 Å². The standard InChI is InChI=1S/C18H12Cl2FN3O2/c19-13-5-2-6-15(17(13)20)26-16-8-7-14(23-24-16)18(25)22-10-11-3-1-4-12(21)9-11/h1-9H,10H2,(H,22,25). The molecular weight excluding hydrogens is 380 g/mol. The molecule has 8 heteroatoms. The summed E-state index contributed by atoms with van der Waals surface area (Å²) in [5.74, 6) is -0.306. The van der Waals surface area contributed by atoms with Crippen molar-refractivity contribution < 1.29 is 13.9 Å². The molecule has 0 radical (unpaired) electrons. The lowest BCUT2D eigenvalue weighted by Crippen LogP contribution is -2.24. The Balaban J connectivity index is 1.63. The monoisotopic (exact) mass is 391 g/mol. The van der Waals surface area contributed by atoms with Crippen LogP contribution in [0.1, 0.15) is 16.1 Å². The molecule has 0 atom stereocenters. The van der Waals surface area contributed by atoms with Crippen molar-refractivity contribution >= 4 is 29.1 Å². The highest BCUT2D eigenvalue weighted by molar-refractivity contribution is 6.42. The highest BCUT2D eigenvalue weighted by atomic mass is 35.5. The second kappa shape index (κ2) is 8.12. The van der Waals surface area contributed by atoms with Gasteiger partial charge in [0.1, 0.15) is 16.6 Å². The molecule has 0 aliphatic carbocycles. The van der Waals surface area contributed by atoms with Gasteiger partial charge in [-0.15, -0.1) is 10.2 Å². The molecule has 0 unspecified atom stereocenters. The van der Waals surface area contributed by atoms with Crippen LogP contribution in [0.15, 0.2) is 54.6 Å². The molecule has 0 saturated heterocycles. The number of hydrogen-bond donors (Lipinski definition) is 1. The molecule has 0 aliphatic heterocycles. The first kappa shape index (κ1) is 18.1. The van der Waals surface area contributed by atoms with Crippen molar-refractivity contribution in [3.05, 3.63) is 81.7 Å². The van der Waals surface area contributed by atoms with E-state index in [1.54, 1.807) is 30.3 Å². The third kappa shape index (κ3) is 4.47. The van der Waals surface area contributed by atoms with E-state index in [0.717, 1.165) is 0 Å². The van der Waals surface area contributed by atoms with E-state index in [-0.39, 0.29) is 29.0 Å². The normalized spacial score (nSPS) is 10.4. The lowest BCUT2D eigenvalue weighted by atomic mass is 10.2. The van der Waals surface area contributed by atoms with Crippen LogP contribution in [0, 0.1) is 5.82 Å². The molecule has 26 heavy (non-hydrogen) atoms. The van der Waals surface area contributed by atoms with Crippen LogP contribution in [-0.2, 0) is 6.54 Å². The molecule has 0 aliphatic rings. The number of carbonyl (C=O) groups is 1. The van der Waals surface area contributed by atoms with Gasteiger partial charge >= 0.3 is 0 Å². The maximum absolute atomic E-state index is 13.1. The summed E-state index contributed by atoms with van der Waals surface area (Å²) in [5, 5.41) is 10.9. The van der Waals surface area contributed by atoms with Gasteiger partial charge < -0.3 is 10.1 Å². The van der Waals surface area contributed by atoms with Gasteiger partial charge in [0.05, 0.1) is 5.02 Å². The molecule has 1 amide bonds. The number of amides is 1. The van der Waals surface area contributed by atoms with E-state index in [0.29, 0.717) is 16.3 Å². The van der Waals surface area contributed by atoms with Crippen LogP contribution in [0.25, 0.3) is 0 Å². The molecule has 3 rings (SSSR count). The maximum atomic E-state index is 13.1. The highest BCUT2D eigenvalue weighted by Crippen LogP contribution is 2.33. The van der Waals surface area contributed by atoms with E-state index in [4.69, 9.17) is 27.9 Å². The minimum atomic E-state index is -0.436. The average molecular weight is 392 g/mol. The summed E-state index contributed by atoms with van der Waals surface area (Å²) in [5.41, 5.74) is 0.743. The fraction of sp³-hybridized carbons (Fsp3) is 0.0556. The van der Waals surface area contributed by atoms with E-state index in [9.17, 15) is 9.18 Å². The SMILES string of the molecule is O=C(NCc1cccc(F)c1)c1ccc(Oc2cccc(Cl)c2Cl)nn1. The Morgan fingerprint density at radius 3 is 2.62 bits per heavy atom. The second-order valence-corrected chi connectivity index (χ2v) is 6.01. The van der Waals surface area contributed by atoms with Gasteiger partial charge in [0, 0.05) is 12.6 Å². The number of rotatable bonds is 5. The average Bonchev–Trinajstić information content (AvgIpc) is 2.64. The van der Waals surface area contributed by atoms with E-state index in [1.165, 1.54) is 24.3 Å². The summed E-state index contributed by atoms with van der Waals surface area (Å²) in [6, 6.07) is 13.9. The smallest absolute Gasteiger partial charge is 0.272 e. The van der Waals surface area contributed by atoms with Gasteiger partial charge in [-0.2, -0.15) is 0 Å². The Hall–Kier alpha value is -2.70. The summed E-state index contributed by atoms with van der Waals surface area (Å²) in [7, 11) is 0. The zero-order valence-corrected chi connectivity index (χ0v) is 14.8. The van der Waals surface area contributed by atoms with Gasteiger partial charge in [-0.05, 0) is 35.9 Å². The van der Waals surface area contributed by atoms with Crippen LogP contribution < -0.4 is 10.1 Å². The van der Waals surface area contributed by atoms with Crippen molar-refractivity contribution in [3.8, 4) is 11.6 Å². The summed E-state index contributed by atoms with van der Waals surface area (Å²) in [6.07, 6.45) is 0.